The second-order valence-electron chi connectivity index (χ2n) is 0.0833. The molecule has 0 aromatic rings. The van der Waals surface area contributed by atoms with E-state index in [1.54, 1.807) is 0 Å². The molecule has 0 bridgehead atoms. The van der Waals surface area contributed by atoms with Crippen LogP contribution in [0.3, 0.4) is 0 Å². The van der Waals surface area contributed by atoms with Crippen LogP contribution in [0, 0.1) is 0 Å². The van der Waals surface area contributed by atoms with Crippen LogP contribution in [-0.2, 0) is 9.59 Å². The fraction of sp³-hybridized carbons (Fsp3) is 0. The molecule has 0 aliphatic rings. The number of carbonyl (C=O) groups excluding carboxylic acids is 2. The van der Waals surface area contributed by atoms with Crippen LogP contribution in [-0.4, -0.2) is 49.4 Å². The molecule has 0 fully saturated rings. The molecule has 0 aliphatic heterocycles. The summed E-state index contributed by atoms with van der Waals surface area (Å²) < 4.78 is 0. The molecular formula is CH4CaO3. The Hall–Kier alpha value is 0.600. The van der Waals surface area contributed by atoms with Crippen molar-refractivity contribution in [1.29, 1.82) is 0 Å². The van der Waals surface area contributed by atoms with E-state index in [-0.39, 0.29) is 49.4 Å². The molecule has 0 spiro atoms. The van der Waals surface area contributed by atoms with Gasteiger partial charge in [0, 0.05) is 0 Å². The van der Waals surface area contributed by atoms with Gasteiger partial charge in [-0.1, -0.05) is 0 Å². The van der Waals surface area contributed by atoms with Gasteiger partial charge < -0.3 is 5.48 Å². The number of hydrogen-bond donors (Lipinski definition) is 0. The van der Waals surface area contributed by atoms with Crippen molar-refractivity contribution in [1.82, 2.24) is 0 Å². The van der Waals surface area contributed by atoms with Crippen LogP contribution in [0.5, 0.6) is 0 Å². The Labute approximate surface area is 58.7 Å². The zero-order valence-corrected chi connectivity index (χ0v) is 1.82. The fourth-order valence-corrected chi connectivity index (χ4v) is 0. The Morgan fingerprint density at radius 2 is 1.20 bits per heavy atom. The van der Waals surface area contributed by atoms with Crippen molar-refractivity contribution in [3.05, 3.63) is 0 Å². The van der Waals surface area contributed by atoms with Crippen molar-refractivity contribution in [3.63, 3.8) is 0 Å². The Bertz CT molecular complexity index is 27.9. The van der Waals surface area contributed by atoms with Gasteiger partial charge in [0.2, 0.25) is 0 Å². The predicted molar refractivity (Wildman–Crippen MR) is 17.2 cm³/mol. The summed E-state index contributed by atoms with van der Waals surface area (Å²) >= 11 is 0. The molecule has 28 valence electrons. The van der Waals surface area contributed by atoms with Crippen LogP contribution >= 0.6 is 0 Å². The van der Waals surface area contributed by atoms with E-state index in [0.717, 1.165) is 0 Å². The third-order valence-electron chi connectivity index (χ3n) is 0. The molecule has 0 saturated carbocycles. The maximum absolute atomic E-state index is 8.12. The minimum absolute atomic E-state index is 0. The van der Waals surface area contributed by atoms with Crippen molar-refractivity contribution in [2.75, 3.05) is 0 Å². The topological polar surface area (TPSA) is 65.6 Å². The van der Waals surface area contributed by atoms with Crippen LogP contribution in [0.15, 0.2) is 0 Å². The molecule has 0 radical (unpaired) electrons. The molecule has 0 saturated heterocycles. The van der Waals surface area contributed by atoms with Gasteiger partial charge >= 0.3 is 43.9 Å². The summed E-state index contributed by atoms with van der Waals surface area (Å²) in [5, 5.41) is 0. The predicted octanol–water partition coefficient (Wildman–Crippen LogP) is -2.32. The summed E-state index contributed by atoms with van der Waals surface area (Å²) in [7, 11) is 0. The van der Waals surface area contributed by atoms with Gasteiger partial charge in [-0.25, -0.2) is 0 Å². The van der Waals surface area contributed by atoms with Gasteiger partial charge in [0.15, 0.2) is 0 Å². The average molecular weight is 104 g/mol. The van der Waals surface area contributed by atoms with E-state index in [1.165, 1.54) is 0 Å². The van der Waals surface area contributed by atoms with Crippen LogP contribution < -0.4 is 0 Å². The second kappa shape index (κ2) is 23.3. The summed E-state index contributed by atoms with van der Waals surface area (Å²) in [6, 6.07) is 0. The first-order valence-corrected chi connectivity index (χ1v) is 0.408. The third-order valence-corrected chi connectivity index (χ3v) is 0. The van der Waals surface area contributed by atoms with Crippen LogP contribution in [0.4, 0.5) is 0 Å². The minimum atomic E-state index is 0. The molecule has 0 rings (SSSR count). The SMILES string of the molecule is O.O=C=O.[CaH2]. The van der Waals surface area contributed by atoms with Crippen molar-refractivity contribution >= 4 is 43.9 Å². The van der Waals surface area contributed by atoms with E-state index in [1.807, 2.05) is 0 Å². The van der Waals surface area contributed by atoms with Gasteiger partial charge in [-0.2, -0.15) is 9.59 Å². The molecular weight excluding hydrogens is 100 g/mol. The molecule has 0 heterocycles. The summed E-state index contributed by atoms with van der Waals surface area (Å²) in [5.74, 6) is 0. The van der Waals surface area contributed by atoms with E-state index in [0.29, 0.717) is 0 Å². The average Bonchev–Trinajstić information content (AvgIpc) is 0.918. The Morgan fingerprint density at radius 3 is 1.20 bits per heavy atom. The summed E-state index contributed by atoms with van der Waals surface area (Å²) in [5.41, 5.74) is 0. The van der Waals surface area contributed by atoms with Crippen molar-refractivity contribution < 1.29 is 15.1 Å². The summed E-state index contributed by atoms with van der Waals surface area (Å²) in [4.78, 5) is 16.2. The molecule has 3 nitrogen and oxygen atoms in total. The Kier molecular flexibility index (Phi) is 81.7. The molecule has 0 unspecified atom stereocenters. The molecule has 4 heteroatoms. The van der Waals surface area contributed by atoms with Crippen LogP contribution in [0.2, 0.25) is 0 Å². The third kappa shape index (κ3) is 86.4. The van der Waals surface area contributed by atoms with Crippen LogP contribution in [0.1, 0.15) is 0 Å². The molecule has 0 atom stereocenters. The Morgan fingerprint density at radius 1 is 1.20 bits per heavy atom. The van der Waals surface area contributed by atoms with Gasteiger partial charge in [0.25, 0.3) is 0 Å². The fourth-order valence-electron chi connectivity index (χ4n) is 0. The zero-order valence-electron chi connectivity index (χ0n) is 1.82. The second-order valence-corrected chi connectivity index (χ2v) is 0.0833. The summed E-state index contributed by atoms with van der Waals surface area (Å²) in [6.07, 6.45) is 0.250. The Balaban J connectivity index is -0.0000000200. The van der Waals surface area contributed by atoms with Gasteiger partial charge in [-0.15, -0.1) is 0 Å². The first kappa shape index (κ1) is 17.5. The quantitative estimate of drug-likeness (QED) is 0.324. The molecule has 2 N–H and O–H groups in total. The van der Waals surface area contributed by atoms with Crippen LogP contribution in [0.25, 0.3) is 0 Å². The van der Waals surface area contributed by atoms with Crippen molar-refractivity contribution in [2.24, 2.45) is 0 Å². The van der Waals surface area contributed by atoms with E-state index < -0.39 is 0 Å². The van der Waals surface area contributed by atoms with Gasteiger partial charge in [0.1, 0.15) is 0 Å². The summed E-state index contributed by atoms with van der Waals surface area (Å²) in [6.45, 7) is 0. The van der Waals surface area contributed by atoms with E-state index in [9.17, 15) is 0 Å². The molecule has 0 aliphatic carbocycles. The van der Waals surface area contributed by atoms with E-state index >= 15 is 0 Å². The van der Waals surface area contributed by atoms with Crippen molar-refractivity contribution in [3.8, 4) is 0 Å². The molecule has 0 aromatic heterocycles. The number of rotatable bonds is 0. The van der Waals surface area contributed by atoms with E-state index in [2.05, 4.69) is 0 Å². The molecule has 0 aromatic carbocycles. The molecule has 5 heavy (non-hydrogen) atoms. The van der Waals surface area contributed by atoms with Crippen molar-refractivity contribution in [2.45, 2.75) is 0 Å². The monoisotopic (exact) mass is 104 g/mol. The zero-order chi connectivity index (χ0) is 2.71. The molecule has 0 amide bonds. The van der Waals surface area contributed by atoms with Gasteiger partial charge in [-0.05, 0) is 0 Å². The standard InChI is InChI=1S/CO2.Ca.H2O.2H/c2-1-3;;;;/h;;1H2;;. The normalized spacial score (nSPS) is 1.60. The van der Waals surface area contributed by atoms with Gasteiger partial charge in [0.05, 0.1) is 0 Å². The first-order valence-electron chi connectivity index (χ1n) is 0.408. The van der Waals surface area contributed by atoms with Gasteiger partial charge in [-0.3, -0.25) is 0 Å². The number of hydrogen-bond acceptors (Lipinski definition) is 2. The maximum atomic E-state index is 8.12. The van der Waals surface area contributed by atoms with E-state index in [4.69, 9.17) is 9.59 Å². The first-order chi connectivity index (χ1) is 1.41.